The van der Waals surface area contributed by atoms with Gasteiger partial charge in [-0.15, -0.1) is 0 Å². The molecule has 210 valence electrons. The van der Waals surface area contributed by atoms with Gasteiger partial charge in [0, 0.05) is 39.9 Å². The van der Waals surface area contributed by atoms with Crippen LogP contribution < -0.4 is 4.74 Å². The molecule has 0 unspecified atom stereocenters. The van der Waals surface area contributed by atoms with Gasteiger partial charge in [0.25, 0.3) is 5.91 Å². The summed E-state index contributed by atoms with van der Waals surface area (Å²) in [5, 5.41) is 0. The van der Waals surface area contributed by atoms with Gasteiger partial charge in [-0.2, -0.15) is 0 Å². The molecule has 0 saturated carbocycles. The summed E-state index contributed by atoms with van der Waals surface area (Å²) in [5.74, 6) is 0.553. The van der Waals surface area contributed by atoms with Gasteiger partial charge in [-0.3, -0.25) is 9.59 Å². The zero-order chi connectivity index (χ0) is 27.5. The largest absolute Gasteiger partial charge is 0.481 e. The van der Waals surface area contributed by atoms with Gasteiger partial charge < -0.3 is 19.3 Å². The Morgan fingerprint density at radius 2 is 1.72 bits per heavy atom. The fraction of sp³-hybridized carbons (Fsp3) is 0.562. The number of hydrogen-bond donors (Lipinski definition) is 0. The summed E-state index contributed by atoms with van der Waals surface area (Å²) in [4.78, 5) is 31.2. The number of benzene rings is 2. The van der Waals surface area contributed by atoms with Gasteiger partial charge in [0.15, 0.2) is 6.10 Å². The smallest absolute Gasteiger partial charge is 0.263 e. The molecule has 1 atom stereocenters. The van der Waals surface area contributed by atoms with Crippen molar-refractivity contribution in [1.29, 1.82) is 0 Å². The number of hydrogen-bond acceptors (Lipinski definition) is 4. The highest BCUT2D eigenvalue weighted by Gasteiger charge is 2.46. The number of carbonyl (C=O) groups excluding carboxylic acids is 2. The van der Waals surface area contributed by atoms with E-state index in [0.29, 0.717) is 45.7 Å². The van der Waals surface area contributed by atoms with Gasteiger partial charge in [-0.05, 0) is 86.6 Å². The molecular formula is C32H41FN2O4. The molecule has 6 nitrogen and oxygen atoms in total. The van der Waals surface area contributed by atoms with Crippen molar-refractivity contribution in [2.45, 2.75) is 69.8 Å². The molecule has 2 saturated heterocycles. The van der Waals surface area contributed by atoms with Crippen molar-refractivity contribution in [2.75, 3.05) is 39.9 Å². The van der Waals surface area contributed by atoms with Crippen LogP contribution in [-0.2, 0) is 26.2 Å². The van der Waals surface area contributed by atoms with Crippen LogP contribution in [0.15, 0.2) is 48.5 Å². The Morgan fingerprint density at radius 3 is 2.46 bits per heavy atom. The lowest BCUT2D eigenvalue weighted by atomic mass is 9.70. The number of piperidine rings is 1. The second-order valence-electron chi connectivity index (χ2n) is 11.8. The van der Waals surface area contributed by atoms with Crippen LogP contribution in [0.4, 0.5) is 4.39 Å². The number of halogens is 1. The van der Waals surface area contributed by atoms with Crippen molar-refractivity contribution in [3.05, 3.63) is 65.5 Å². The highest BCUT2D eigenvalue weighted by molar-refractivity contribution is 5.88. The molecule has 7 heteroatoms. The Labute approximate surface area is 231 Å². The molecule has 5 rings (SSSR count). The molecule has 0 aliphatic carbocycles. The maximum atomic E-state index is 14.2. The summed E-state index contributed by atoms with van der Waals surface area (Å²) in [6.45, 7) is 4.77. The molecule has 0 bridgehead atoms. The van der Waals surface area contributed by atoms with E-state index >= 15 is 0 Å². The molecule has 0 aromatic heterocycles. The first-order valence-corrected chi connectivity index (χ1v) is 14.4. The SMILES string of the molecule is C[C@H]1Oc2ccccc2CCCCC2(CCN(C(=O)C3(c4cccc(F)c4)CCOCC3)CC2)CN(C)C1=O. The first-order valence-electron chi connectivity index (χ1n) is 14.4. The molecule has 3 aliphatic heterocycles. The lowest BCUT2D eigenvalue weighted by Crippen LogP contribution is -2.55. The first kappa shape index (κ1) is 27.6. The van der Waals surface area contributed by atoms with E-state index in [4.69, 9.17) is 9.47 Å². The Balaban J connectivity index is 1.32. The Kier molecular flexibility index (Phi) is 8.27. The van der Waals surface area contributed by atoms with E-state index in [0.717, 1.165) is 55.4 Å². The van der Waals surface area contributed by atoms with Crippen LogP contribution in [0.25, 0.3) is 0 Å². The van der Waals surface area contributed by atoms with E-state index < -0.39 is 11.5 Å². The van der Waals surface area contributed by atoms with Crippen LogP contribution in [0.3, 0.4) is 0 Å². The van der Waals surface area contributed by atoms with E-state index in [1.54, 1.807) is 6.07 Å². The summed E-state index contributed by atoms with van der Waals surface area (Å²) < 4.78 is 25.9. The predicted octanol–water partition coefficient (Wildman–Crippen LogP) is 5.14. The zero-order valence-electron chi connectivity index (χ0n) is 23.3. The molecule has 0 radical (unpaired) electrons. The third-order valence-corrected chi connectivity index (χ3v) is 9.22. The number of nitrogens with zero attached hydrogens (tertiary/aromatic N) is 2. The number of ether oxygens (including phenoxy) is 2. The van der Waals surface area contributed by atoms with Crippen molar-refractivity contribution >= 4 is 11.8 Å². The van der Waals surface area contributed by atoms with Crippen LogP contribution in [0, 0.1) is 11.2 Å². The molecule has 2 aromatic rings. The number of carbonyl (C=O) groups is 2. The Bertz CT molecular complexity index is 1170. The molecule has 39 heavy (non-hydrogen) atoms. The molecular weight excluding hydrogens is 495 g/mol. The third-order valence-electron chi connectivity index (χ3n) is 9.22. The van der Waals surface area contributed by atoms with Crippen molar-refractivity contribution in [1.82, 2.24) is 9.80 Å². The van der Waals surface area contributed by atoms with Crippen molar-refractivity contribution < 1.29 is 23.5 Å². The highest BCUT2D eigenvalue weighted by atomic mass is 19.1. The second-order valence-corrected chi connectivity index (χ2v) is 11.8. The minimum atomic E-state index is -0.746. The normalized spacial score (nSPS) is 23.8. The lowest BCUT2D eigenvalue weighted by Gasteiger charge is -2.47. The van der Waals surface area contributed by atoms with Crippen molar-refractivity contribution in [3.8, 4) is 5.75 Å². The van der Waals surface area contributed by atoms with Crippen LogP contribution in [0.2, 0.25) is 0 Å². The number of likely N-dealkylation sites (tertiary alicyclic amines) is 1. The molecule has 2 amide bonds. The molecule has 3 heterocycles. The number of fused-ring (bicyclic) bond motifs is 1. The van der Waals surface area contributed by atoms with Crippen LogP contribution >= 0.6 is 0 Å². The van der Waals surface area contributed by atoms with Crippen LogP contribution in [-0.4, -0.2) is 67.6 Å². The predicted molar refractivity (Wildman–Crippen MR) is 148 cm³/mol. The number of rotatable bonds is 2. The van der Waals surface area contributed by atoms with E-state index in [1.807, 2.05) is 48.0 Å². The van der Waals surface area contributed by atoms with Crippen LogP contribution in [0.5, 0.6) is 5.75 Å². The van der Waals surface area contributed by atoms with Crippen molar-refractivity contribution in [3.63, 3.8) is 0 Å². The maximum absolute atomic E-state index is 14.2. The first-order chi connectivity index (χ1) is 18.8. The van der Waals surface area contributed by atoms with Gasteiger partial charge in [0.05, 0.1) is 5.41 Å². The Hall–Kier alpha value is -2.93. The minimum absolute atomic E-state index is 0.0180. The molecule has 0 N–H and O–H groups in total. The molecule has 2 fully saturated rings. The fourth-order valence-electron chi connectivity index (χ4n) is 6.88. The molecule has 3 aliphatic rings. The number of amides is 2. The zero-order valence-corrected chi connectivity index (χ0v) is 23.3. The van der Waals surface area contributed by atoms with Gasteiger partial charge in [0.1, 0.15) is 11.6 Å². The number of para-hydroxylation sites is 1. The second kappa shape index (κ2) is 11.7. The average Bonchev–Trinajstić information content (AvgIpc) is 2.95. The summed E-state index contributed by atoms with van der Waals surface area (Å²) in [7, 11) is 1.88. The summed E-state index contributed by atoms with van der Waals surface area (Å²) in [6, 6.07) is 14.5. The van der Waals surface area contributed by atoms with Gasteiger partial charge in [0.2, 0.25) is 5.91 Å². The van der Waals surface area contributed by atoms with Gasteiger partial charge >= 0.3 is 0 Å². The van der Waals surface area contributed by atoms with Crippen LogP contribution in [0.1, 0.15) is 63.0 Å². The van der Waals surface area contributed by atoms with Gasteiger partial charge in [-0.25, -0.2) is 4.39 Å². The summed E-state index contributed by atoms with van der Waals surface area (Å²) in [6.07, 6.45) is 6.31. The number of aryl methyl sites for hydroxylation is 1. The average molecular weight is 537 g/mol. The summed E-state index contributed by atoms with van der Waals surface area (Å²) in [5.41, 5.74) is 1.11. The van der Waals surface area contributed by atoms with E-state index in [1.165, 1.54) is 12.1 Å². The number of likely N-dealkylation sites (N-methyl/N-ethyl adjacent to an activating group) is 1. The summed E-state index contributed by atoms with van der Waals surface area (Å²) >= 11 is 0. The monoisotopic (exact) mass is 536 g/mol. The molecule has 1 spiro atoms. The van der Waals surface area contributed by atoms with E-state index in [9.17, 15) is 14.0 Å². The van der Waals surface area contributed by atoms with Crippen molar-refractivity contribution in [2.24, 2.45) is 5.41 Å². The van der Waals surface area contributed by atoms with E-state index in [2.05, 4.69) is 6.07 Å². The molecule has 2 aromatic carbocycles. The highest BCUT2D eigenvalue weighted by Crippen LogP contribution is 2.42. The third kappa shape index (κ3) is 5.84. The Morgan fingerprint density at radius 1 is 0.974 bits per heavy atom. The maximum Gasteiger partial charge on any atom is 0.263 e. The quantitative estimate of drug-likeness (QED) is 0.534. The van der Waals surface area contributed by atoms with Gasteiger partial charge in [-0.1, -0.05) is 36.8 Å². The lowest BCUT2D eigenvalue weighted by molar-refractivity contribution is -0.146. The standard InChI is InChI=1S/C32H41FN2O4/c1-24-29(36)34(2)23-31(13-6-5-9-25-8-3-4-12-28(25)39-24)14-18-35(19-15-31)30(37)32(16-20-38-21-17-32)26-10-7-11-27(33)22-26/h3-4,7-8,10-12,22,24H,5-6,9,13-21,23H2,1-2H3/t24-/m1/s1. The van der Waals surface area contributed by atoms with E-state index in [-0.39, 0.29) is 23.0 Å². The fourth-order valence-corrected chi connectivity index (χ4v) is 6.88. The topological polar surface area (TPSA) is 59.1 Å². The minimum Gasteiger partial charge on any atom is -0.481 e.